The predicted octanol–water partition coefficient (Wildman–Crippen LogP) is 5.29. The highest BCUT2D eigenvalue weighted by Crippen LogP contribution is 2.30. The smallest absolute Gasteiger partial charge is 0.264 e. The van der Waals surface area contributed by atoms with E-state index in [1.54, 1.807) is 44.0 Å². The van der Waals surface area contributed by atoms with Gasteiger partial charge in [-0.15, -0.1) is 0 Å². The molecule has 0 saturated carbocycles. The van der Waals surface area contributed by atoms with Crippen molar-refractivity contribution in [3.63, 3.8) is 0 Å². The van der Waals surface area contributed by atoms with E-state index >= 15 is 0 Å². The summed E-state index contributed by atoms with van der Waals surface area (Å²) >= 11 is 0. The quantitative estimate of drug-likeness (QED) is 0.306. The van der Waals surface area contributed by atoms with Gasteiger partial charge in [-0.25, -0.2) is 13.1 Å². The number of anilines is 1. The van der Waals surface area contributed by atoms with E-state index in [1.165, 1.54) is 6.07 Å². The summed E-state index contributed by atoms with van der Waals surface area (Å²) in [5.41, 5.74) is 3.28. The molecule has 0 fully saturated rings. The summed E-state index contributed by atoms with van der Waals surface area (Å²) in [5.74, 6) is 0.190. The van der Waals surface area contributed by atoms with Crippen molar-refractivity contribution in [3.8, 4) is 11.1 Å². The van der Waals surface area contributed by atoms with Crippen molar-refractivity contribution >= 4 is 27.7 Å². The molecule has 0 saturated heterocycles. The number of carbonyl (C=O) groups is 2. The van der Waals surface area contributed by atoms with Crippen LogP contribution in [0.15, 0.2) is 57.9 Å². The second-order valence-electron chi connectivity index (χ2n) is 10.9. The number of aryl methyl sites for hydroxylation is 1. The van der Waals surface area contributed by atoms with Crippen LogP contribution in [0.4, 0.5) is 5.88 Å². The van der Waals surface area contributed by atoms with Crippen LogP contribution < -0.4 is 10.0 Å². The number of aromatic nitrogens is 1. The molecule has 0 spiro atoms. The Balaban J connectivity index is 1.92. The number of sulfonamides is 1. The first-order valence-corrected chi connectivity index (χ1v) is 15.0. The van der Waals surface area contributed by atoms with Gasteiger partial charge in [-0.1, -0.05) is 75.3 Å². The zero-order valence-corrected chi connectivity index (χ0v) is 25.1. The minimum absolute atomic E-state index is 0.0752. The number of nitrogens with one attached hydrogen (secondary N) is 2. The second kappa shape index (κ2) is 13.1. The lowest BCUT2D eigenvalue weighted by molar-refractivity contribution is -0.142. The number of nitrogens with zero attached hydrogens (tertiary/aromatic N) is 2. The minimum Gasteiger partial charge on any atom is -0.357 e. The van der Waals surface area contributed by atoms with Crippen LogP contribution in [0.1, 0.15) is 57.4 Å². The van der Waals surface area contributed by atoms with Crippen molar-refractivity contribution in [2.45, 2.75) is 71.9 Å². The summed E-state index contributed by atoms with van der Waals surface area (Å²) in [5, 5.41) is 6.54. The Bertz CT molecular complexity index is 1430. The molecule has 1 atom stereocenters. The fourth-order valence-electron chi connectivity index (χ4n) is 4.44. The SMILES string of the molecule is CNC(=O)[C@H](CC(C)C)N(Cc1ccc(-c2ccccc2S(=O)(=O)Nc2onc(C)c2C)cc1)C(=O)CC(C)C. The van der Waals surface area contributed by atoms with E-state index in [0.717, 1.165) is 5.56 Å². The standard InChI is InChI=1S/C30H40N4O5S/c1-19(2)16-26(29(36)31-7)34(28(35)17-20(3)4)18-23-12-14-24(15-13-23)25-10-8-9-11-27(25)40(37,38)33-30-21(5)22(6)32-39-30/h8-15,19-20,26,33H,16-18H2,1-7H3,(H,31,36)/t26-/m0/s1. The van der Waals surface area contributed by atoms with Gasteiger partial charge in [0.1, 0.15) is 6.04 Å². The third kappa shape index (κ3) is 7.50. The number of rotatable bonds is 12. The highest BCUT2D eigenvalue weighted by atomic mass is 32.2. The van der Waals surface area contributed by atoms with Crippen LogP contribution in [-0.2, 0) is 26.2 Å². The zero-order chi connectivity index (χ0) is 29.6. The molecule has 40 heavy (non-hydrogen) atoms. The molecule has 0 aliphatic rings. The number of amides is 2. The topological polar surface area (TPSA) is 122 Å². The van der Waals surface area contributed by atoms with Crippen molar-refractivity contribution in [2.24, 2.45) is 11.8 Å². The van der Waals surface area contributed by atoms with Crippen LogP contribution in [0.2, 0.25) is 0 Å². The van der Waals surface area contributed by atoms with Gasteiger partial charge in [0.05, 0.1) is 10.6 Å². The molecule has 2 N–H and O–H groups in total. The monoisotopic (exact) mass is 568 g/mol. The number of benzene rings is 2. The van der Waals surface area contributed by atoms with E-state index in [9.17, 15) is 18.0 Å². The van der Waals surface area contributed by atoms with Crippen LogP contribution >= 0.6 is 0 Å². The molecule has 10 heteroatoms. The summed E-state index contributed by atoms with van der Waals surface area (Å²) in [7, 11) is -2.39. The first-order chi connectivity index (χ1) is 18.8. The van der Waals surface area contributed by atoms with Crippen LogP contribution in [-0.4, -0.2) is 43.4 Å². The van der Waals surface area contributed by atoms with Crippen molar-refractivity contribution in [1.29, 1.82) is 0 Å². The Morgan fingerprint density at radius 3 is 2.17 bits per heavy atom. The van der Waals surface area contributed by atoms with E-state index in [1.807, 2.05) is 52.0 Å². The molecule has 0 radical (unpaired) electrons. The highest BCUT2D eigenvalue weighted by molar-refractivity contribution is 7.92. The van der Waals surface area contributed by atoms with E-state index in [4.69, 9.17) is 4.52 Å². The normalized spacial score (nSPS) is 12.4. The van der Waals surface area contributed by atoms with Crippen LogP contribution in [0.3, 0.4) is 0 Å². The third-order valence-corrected chi connectivity index (χ3v) is 8.09. The molecule has 0 aliphatic carbocycles. The lowest BCUT2D eigenvalue weighted by Gasteiger charge is -2.32. The van der Waals surface area contributed by atoms with Gasteiger partial charge >= 0.3 is 0 Å². The molecule has 1 heterocycles. The molecular weight excluding hydrogens is 528 g/mol. The lowest BCUT2D eigenvalue weighted by atomic mass is 9.98. The fraction of sp³-hybridized carbons (Fsp3) is 0.433. The maximum absolute atomic E-state index is 13.3. The molecule has 9 nitrogen and oxygen atoms in total. The van der Waals surface area contributed by atoms with E-state index in [0.29, 0.717) is 35.2 Å². The molecule has 0 aliphatic heterocycles. The average molecular weight is 569 g/mol. The molecule has 0 unspecified atom stereocenters. The van der Waals surface area contributed by atoms with Crippen LogP contribution in [0, 0.1) is 25.7 Å². The number of likely N-dealkylation sites (N-methyl/N-ethyl adjacent to an activating group) is 1. The summed E-state index contributed by atoms with van der Waals surface area (Å²) in [4.78, 5) is 27.9. The molecule has 2 aromatic carbocycles. The summed E-state index contributed by atoms with van der Waals surface area (Å²) in [6, 6.07) is 13.5. The predicted molar refractivity (Wildman–Crippen MR) is 156 cm³/mol. The molecule has 1 aromatic heterocycles. The van der Waals surface area contributed by atoms with Gasteiger partial charge in [0, 0.05) is 31.1 Å². The Kier molecular flexibility index (Phi) is 10.1. The molecular formula is C30H40N4O5S. The Morgan fingerprint density at radius 2 is 1.62 bits per heavy atom. The van der Waals surface area contributed by atoms with E-state index in [-0.39, 0.29) is 41.0 Å². The first-order valence-electron chi connectivity index (χ1n) is 13.5. The Morgan fingerprint density at radius 1 is 0.975 bits per heavy atom. The van der Waals surface area contributed by atoms with Gasteiger partial charge in [-0.05, 0) is 49.3 Å². The van der Waals surface area contributed by atoms with Crippen molar-refractivity contribution in [3.05, 3.63) is 65.4 Å². The molecule has 3 rings (SSSR count). The number of hydrogen-bond donors (Lipinski definition) is 2. The van der Waals surface area contributed by atoms with Gasteiger partial charge in [-0.3, -0.25) is 9.59 Å². The average Bonchev–Trinajstić information content (AvgIpc) is 3.21. The summed E-state index contributed by atoms with van der Waals surface area (Å²) in [6.07, 6.45) is 0.885. The molecule has 216 valence electrons. The summed E-state index contributed by atoms with van der Waals surface area (Å²) < 4.78 is 34.3. The Labute approximate surface area is 237 Å². The Hall–Kier alpha value is -3.66. The van der Waals surface area contributed by atoms with Gasteiger partial charge < -0.3 is 14.7 Å². The summed E-state index contributed by atoms with van der Waals surface area (Å²) in [6.45, 7) is 11.8. The van der Waals surface area contributed by atoms with Crippen LogP contribution in [0.5, 0.6) is 0 Å². The van der Waals surface area contributed by atoms with Gasteiger partial charge in [0.2, 0.25) is 17.7 Å². The van der Waals surface area contributed by atoms with Crippen molar-refractivity contribution < 1.29 is 22.5 Å². The maximum Gasteiger partial charge on any atom is 0.264 e. The third-order valence-electron chi connectivity index (χ3n) is 6.70. The second-order valence-corrected chi connectivity index (χ2v) is 12.6. The minimum atomic E-state index is -3.97. The maximum atomic E-state index is 13.3. The zero-order valence-electron chi connectivity index (χ0n) is 24.3. The lowest BCUT2D eigenvalue weighted by Crippen LogP contribution is -2.49. The van der Waals surface area contributed by atoms with Crippen molar-refractivity contribution in [1.82, 2.24) is 15.4 Å². The van der Waals surface area contributed by atoms with E-state index < -0.39 is 16.1 Å². The van der Waals surface area contributed by atoms with Gasteiger partial charge in [0.15, 0.2) is 0 Å². The highest BCUT2D eigenvalue weighted by Gasteiger charge is 2.30. The number of carbonyl (C=O) groups excluding carboxylic acids is 2. The number of hydrogen-bond acceptors (Lipinski definition) is 6. The van der Waals surface area contributed by atoms with Crippen molar-refractivity contribution in [2.75, 3.05) is 11.8 Å². The molecule has 3 aromatic rings. The largest absolute Gasteiger partial charge is 0.357 e. The van der Waals surface area contributed by atoms with Gasteiger partial charge in [0.25, 0.3) is 10.0 Å². The molecule has 0 bridgehead atoms. The molecule has 2 amide bonds. The fourth-order valence-corrected chi connectivity index (χ4v) is 5.72. The first kappa shape index (κ1) is 30.9. The van der Waals surface area contributed by atoms with E-state index in [2.05, 4.69) is 15.2 Å². The van der Waals surface area contributed by atoms with Gasteiger partial charge in [-0.2, -0.15) is 0 Å². The van der Waals surface area contributed by atoms with Crippen LogP contribution in [0.25, 0.3) is 11.1 Å².